The number of aliphatic hydroxyl groups excluding tert-OH is 3. The van der Waals surface area contributed by atoms with Crippen LogP contribution in [0.15, 0.2) is 0 Å². The van der Waals surface area contributed by atoms with Crippen LogP contribution in [0, 0.1) is 5.92 Å². The van der Waals surface area contributed by atoms with E-state index in [1.807, 2.05) is 0 Å². The van der Waals surface area contributed by atoms with Gasteiger partial charge in [-0.3, -0.25) is 9.35 Å². The molecule has 6 N–H and O–H groups in total. The van der Waals surface area contributed by atoms with Crippen molar-refractivity contribution in [3.8, 4) is 0 Å². The number of hydrogen-bond donors (Lipinski definition) is 6. The van der Waals surface area contributed by atoms with Gasteiger partial charge in [0.1, 0.15) is 12.2 Å². The minimum absolute atomic E-state index is 0.166. The molecule has 0 spiro atoms. The maximum Gasteiger partial charge on any atom is 0.399 e. The first-order valence-electron chi connectivity index (χ1n) is 9.00. The Hall–Kier alpha value is -1.43. The van der Waals surface area contributed by atoms with Gasteiger partial charge in [0, 0.05) is 19.3 Å². The number of carboxylic acids is 1. The molecule has 0 aromatic carbocycles. The third-order valence-electron chi connectivity index (χ3n) is 4.77. The van der Waals surface area contributed by atoms with Crippen LogP contribution in [-0.4, -0.2) is 94.6 Å². The van der Waals surface area contributed by atoms with Gasteiger partial charge in [-0.1, -0.05) is 6.92 Å². The van der Waals surface area contributed by atoms with Crippen molar-refractivity contribution in [2.24, 2.45) is 5.92 Å². The van der Waals surface area contributed by atoms with E-state index in [0.717, 1.165) is 6.92 Å². The quantitative estimate of drug-likeness (QED) is 0.214. The number of ether oxygens (including phenoxy) is 3. The topological polar surface area (TPSA) is 218 Å². The first-order chi connectivity index (χ1) is 13.8. The molecular weight excluding hydrogens is 434 g/mol. The predicted octanol–water partition coefficient (Wildman–Crippen LogP) is -2.68. The van der Waals surface area contributed by atoms with E-state index in [2.05, 4.69) is 9.50 Å². The van der Waals surface area contributed by atoms with E-state index >= 15 is 0 Å². The number of nitrogens with one attached hydrogen (secondary N) is 1. The molecule has 2 heterocycles. The Balaban J connectivity index is 2.24. The Morgan fingerprint density at radius 3 is 2.27 bits per heavy atom. The summed E-state index contributed by atoms with van der Waals surface area (Å²) in [7, 11) is -5.07. The third-order valence-corrected chi connectivity index (χ3v) is 5.21. The monoisotopic (exact) mass is 459 g/mol. The van der Waals surface area contributed by atoms with Crippen molar-refractivity contribution in [2.45, 2.75) is 76.0 Å². The van der Waals surface area contributed by atoms with Crippen LogP contribution in [-0.2, 0) is 38.4 Å². The number of hydrogen-bond acceptors (Lipinski definition) is 11. The van der Waals surface area contributed by atoms with E-state index in [1.54, 1.807) is 6.92 Å². The number of carbonyl (C=O) groups excluding carboxylic acids is 1. The first kappa shape index (κ1) is 24.8. The second kappa shape index (κ2) is 9.80. The summed E-state index contributed by atoms with van der Waals surface area (Å²) in [6.45, 7) is 2.74. The summed E-state index contributed by atoms with van der Waals surface area (Å²) in [5.74, 6) is -2.92. The largest absolute Gasteiger partial charge is 0.479 e. The van der Waals surface area contributed by atoms with Crippen molar-refractivity contribution in [2.75, 3.05) is 0 Å². The zero-order valence-corrected chi connectivity index (χ0v) is 16.8. The fourth-order valence-electron chi connectivity index (χ4n) is 3.41. The summed E-state index contributed by atoms with van der Waals surface area (Å²) in [4.78, 5) is 22.8. The van der Waals surface area contributed by atoms with Gasteiger partial charge in [0.15, 0.2) is 18.7 Å². The van der Waals surface area contributed by atoms with Gasteiger partial charge in [-0.2, -0.15) is 8.42 Å². The lowest BCUT2D eigenvalue weighted by atomic mass is 9.87. The molecule has 9 atom stereocenters. The van der Waals surface area contributed by atoms with Crippen LogP contribution in [0.4, 0.5) is 0 Å². The highest BCUT2D eigenvalue weighted by Crippen LogP contribution is 2.32. The van der Waals surface area contributed by atoms with Gasteiger partial charge in [-0.15, -0.1) is 0 Å². The average molecular weight is 459 g/mol. The number of carboxylic acid groups (broad SMARTS) is 1. The summed E-state index contributed by atoms with van der Waals surface area (Å²) < 4.78 is 51.1. The van der Waals surface area contributed by atoms with Gasteiger partial charge in [0.05, 0.1) is 12.1 Å². The summed E-state index contributed by atoms with van der Waals surface area (Å²) >= 11 is 0. The third kappa shape index (κ3) is 6.05. The van der Waals surface area contributed by atoms with E-state index in [0.29, 0.717) is 0 Å². The van der Waals surface area contributed by atoms with Gasteiger partial charge in [-0.05, 0) is 6.42 Å². The van der Waals surface area contributed by atoms with Crippen LogP contribution in [0.2, 0.25) is 0 Å². The van der Waals surface area contributed by atoms with Crippen LogP contribution in [0.1, 0.15) is 26.7 Å². The van der Waals surface area contributed by atoms with E-state index in [9.17, 15) is 38.4 Å². The Labute approximate surface area is 171 Å². The summed E-state index contributed by atoms with van der Waals surface area (Å²) in [5, 5.41) is 42.1. The molecule has 30 heavy (non-hydrogen) atoms. The molecule has 0 bridgehead atoms. The molecular formula is C15H25NO13S. The van der Waals surface area contributed by atoms with Gasteiger partial charge < -0.3 is 40.0 Å². The second-order valence-corrected chi connectivity index (χ2v) is 8.00. The second-order valence-electron chi connectivity index (χ2n) is 6.95. The molecule has 2 aliphatic heterocycles. The van der Waals surface area contributed by atoms with Crippen molar-refractivity contribution >= 4 is 22.3 Å². The molecule has 2 rings (SSSR count). The molecule has 2 fully saturated rings. The van der Waals surface area contributed by atoms with Gasteiger partial charge in [0.2, 0.25) is 12.2 Å². The smallest absolute Gasteiger partial charge is 0.399 e. The SMILES string of the molecule is CCC1C(C(=O)O)OC(OC2CC(NC(C)=O)C(O)OC2OS(=O)(=O)O)C(O)C1O. The summed E-state index contributed by atoms with van der Waals surface area (Å²) in [6, 6.07) is -1.10. The van der Waals surface area contributed by atoms with Gasteiger partial charge in [-0.25, -0.2) is 8.98 Å². The number of carbonyl (C=O) groups is 2. The first-order valence-corrected chi connectivity index (χ1v) is 10.4. The standard InChI is InChI=1S/C15H25NO13S/c1-3-6-9(18)10(19)15(27-11(6)12(20)21)26-8-4-7(16-5(2)17)13(22)28-14(8)29-30(23,24)25/h6-11,13-15,18-19,22H,3-4H2,1-2H3,(H,16,17)(H,20,21)(H,23,24,25). The number of rotatable bonds is 7. The molecule has 0 radical (unpaired) electrons. The molecule has 0 saturated carbocycles. The van der Waals surface area contributed by atoms with Crippen LogP contribution in [0.25, 0.3) is 0 Å². The molecule has 1 amide bonds. The zero-order chi connectivity index (χ0) is 22.8. The Kier molecular flexibility index (Phi) is 8.11. The number of amides is 1. The molecule has 0 aromatic heterocycles. The van der Waals surface area contributed by atoms with E-state index < -0.39 is 77.5 Å². The molecule has 2 aliphatic rings. The van der Waals surface area contributed by atoms with Crippen molar-refractivity contribution in [1.82, 2.24) is 5.32 Å². The van der Waals surface area contributed by atoms with Crippen LogP contribution < -0.4 is 5.32 Å². The maximum atomic E-state index is 11.5. The average Bonchev–Trinajstić information content (AvgIpc) is 2.60. The lowest BCUT2D eigenvalue weighted by Gasteiger charge is -2.44. The fraction of sp³-hybridized carbons (Fsp3) is 0.867. The van der Waals surface area contributed by atoms with Crippen molar-refractivity contribution in [3.05, 3.63) is 0 Å². The molecule has 0 aliphatic carbocycles. The molecule has 2 saturated heterocycles. The maximum absolute atomic E-state index is 11.5. The minimum atomic E-state index is -5.07. The Morgan fingerprint density at radius 2 is 1.77 bits per heavy atom. The molecule has 9 unspecified atom stereocenters. The molecule has 14 nitrogen and oxygen atoms in total. The normalized spacial score (nSPS) is 40.0. The van der Waals surface area contributed by atoms with E-state index in [1.165, 1.54) is 0 Å². The zero-order valence-electron chi connectivity index (χ0n) is 16.0. The highest BCUT2D eigenvalue weighted by molar-refractivity contribution is 7.80. The highest BCUT2D eigenvalue weighted by atomic mass is 32.3. The summed E-state index contributed by atoms with van der Waals surface area (Å²) in [5.41, 5.74) is 0. The molecule has 15 heteroatoms. The van der Waals surface area contributed by atoms with Gasteiger partial charge >= 0.3 is 16.4 Å². The van der Waals surface area contributed by atoms with Crippen LogP contribution >= 0.6 is 0 Å². The molecule has 0 aromatic rings. The lowest BCUT2D eigenvalue weighted by Crippen LogP contribution is -2.61. The van der Waals surface area contributed by atoms with Crippen LogP contribution in [0.3, 0.4) is 0 Å². The fourth-order valence-corrected chi connectivity index (χ4v) is 3.82. The number of aliphatic carboxylic acids is 1. The lowest BCUT2D eigenvalue weighted by molar-refractivity contribution is -0.339. The van der Waals surface area contributed by atoms with Crippen LogP contribution in [0.5, 0.6) is 0 Å². The summed E-state index contributed by atoms with van der Waals surface area (Å²) in [6.07, 6.45) is -11.9. The van der Waals surface area contributed by atoms with Crippen molar-refractivity contribution in [3.63, 3.8) is 0 Å². The van der Waals surface area contributed by atoms with E-state index in [-0.39, 0.29) is 12.8 Å². The Bertz CT molecular complexity index is 730. The number of aliphatic hydroxyl groups is 3. The molecule has 174 valence electrons. The predicted molar refractivity (Wildman–Crippen MR) is 92.7 cm³/mol. The van der Waals surface area contributed by atoms with E-state index in [4.69, 9.17) is 18.8 Å². The minimum Gasteiger partial charge on any atom is -0.479 e. The highest BCUT2D eigenvalue weighted by Gasteiger charge is 2.50. The van der Waals surface area contributed by atoms with Crippen molar-refractivity contribution < 1.29 is 61.4 Å². The van der Waals surface area contributed by atoms with Gasteiger partial charge in [0.25, 0.3) is 0 Å². The van der Waals surface area contributed by atoms with Crippen molar-refractivity contribution in [1.29, 1.82) is 0 Å². The Morgan fingerprint density at radius 1 is 1.13 bits per heavy atom.